The lowest BCUT2D eigenvalue weighted by molar-refractivity contribution is 0.0924. The molecule has 1 saturated heterocycles. The normalized spacial score (nSPS) is 17.2. The van der Waals surface area contributed by atoms with Gasteiger partial charge in [0.05, 0.1) is 6.04 Å². The van der Waals surface area contributed by atoms with E-state index < -0.39 is 0 Å². The first kappa shape index (κ1) is 13.2. The van der Waals surface area contributed by atoms with Gasteiger partial charge in [-0.25, -0.2) is 9.97 Å². The van der Waals surface area contributed by atoms with Crippen LogP contribution in [0.5, 0.6) is 0 Å². The van der Waals surface area contributed by atoms with E-state index in [0.717, 1.165) is 38.2 Å². The number of anilines is 1. The van der Waals surface area contributed by atoms with Gasteiger partial charge in [-0.1, -0.05) is 0 Å². The fourth-order valence-electron chi connectivity index (χ4n) is 3.15. The highest BCUT2D eigenvalue weighted by Gasteiger charge is 2.32. The Hall–Kier alpha value is -2.44. The van der Waals surface area contributed by atoms with Gasteiger partial charge in [-0.3, -0.25) is 9.48 Å². The van der Waals surface area contributed by atoms with Crippen LogP contribution in [0.4, 0.5) is 5.82 Å². The van der Waals surface area contributed by atoms with Crippen LogP contribution < -0.4 is 10.2 Å². The monoisotopic (exact) mass is 298 g/mol. The maximum Gasteiger partial charge on any atom is 0.272 e. The van der Waals surface area contributed by atoms with Crippen molar-refractivity contribution in [1.29, 1.82) is 0 Å². The molecule has 2 aromatic rings. The van der Waals surface area contributed by atoms with E-state index in [1.807, 2.05) is 0 Å². The van der Waals surface area contributed by atoms with Gasteiger partial charge in [-0.15, -0.1) is 0 Å². The lowest BCUT2D eigenvalue weighted by Crippen LogP contribution is -2.60. The maximum atomic E-state index is 12.1. The molecule has 1 aliphatic heterocycles. The predicted molar refractivity (Wildman–Crippen MR) is 80.7 cm³/mol. The summed E-state index contributed by atoms with van der Waals surface area (Å²) in [5.41, 5.74) is 2.94. The van der Waals surface area contributed by atoms with Crippen LogP contribution in [0.25, 0.3) is 0 Å². The Labute approximate surface area is 128 Å². The van der Waals surface area contributed by atoms with Crippen molar-refractivity contribution < 1.29 is 4.79 Å². The summed E-state index contributed by atoms with van der Waals surface area (Å²) in [6, 6.07) is 1.88. The van der Waals surface area contributed by atoms with E-state index in [4.69, 9.17) is 0 Å². The number of carbonyl (C=O) groups is 1. The molecule has 0 saturated carbocycles. The molecule has 2 aromatic heterocycles. The van der Waals surface area contributed by atoms with Crippen molar-refractivity contribution >= 4 is 11.7 Å². The lowest BCUT2D eigenvalue weighted by Gasteiger charge is -2.41. The second-order valence-corrected chi connectivity index (χ2v) is 5.93. The topological polar surface area (TPSA) is 75.9 Å². The number of carbonyl (C=O) groups excluding carboxylic acids is 1. The van der Waals surface area contributed by atoms with Crippen LogP contribution in [0.1, 0.15) is 28.2 Å². The number of amides is 1. The van der Waals surface area contributed by atoms with Crippen LogP contribution in [0.15, 0.2) is 18.6 Å². The molecule has 22 heavy (non-hydrogen) atoms. The number of nitrogens with one attached hydrogen (secondary N) is 1. The van der Waals surface area contributed by atoms with Gasteiger partial charge in [0.25, 0.3) is 5.91 Å². The van der Waals surface area contributed by atoms with Crippen molar-refractivity contribution in [2.45, 2.75) is 25.3 Å². The first-order chi connectivity index (χ1) is 10.7. The summed E-state index contributed by atoms with van der Waals surface area (Å²) in [6.45, 7) is 1.59. The zero-order valence-electron chi connectivity index (χ0n) is 12.5. The Morgan fingerprint density at radius 3 is 2.95 bits per heavy atom. The van der Waals surface area contributed by atoms with Crippen LogP contribution in [0, 0.1) is 0 Å². The van der Waals surface area contributed by atoms with E-state index in [1.165, 1.54) is 11.3 Å². The minimum Gasteiger partial charge on any atom is -0.352 e. The van der Waals surface area contributed by atoms with Crippen LogP contribution in [0.3, 0.4) is 0 Å². The van der Waals surface area contributed by atoms with Gasteiger partial charge in [-0.05, 0) is 25.3 Å². The number of hydrogen-bond acceptors (Lipinski definition) is 5. The number of aryl methyl sites for hydroxylation is 2. The zero-order chi connectivity index (χ0) is 15.1. The maximum absolute atomic E-state index is 12.1. The standard InChI is InChI=1S/C15H18N6O/c1-20-6-5-13(19-20)15(22)18-10-7-21(8-10)14-11-3-2-4-12(11)16-9-17-14/h5-6,9-10H,2-4,7-8H2,1H3,(H,18,22). The zero-order valence-corrected chi connectivity index (χ0v) is 12.5. The highest BCUT2D eigenvalue weighted by atomic mass is 16.2. The van der Waals surface area contributed by atoms with Gasteiger partial charge in [0.15, 0.2) is 0 Å². The minimum absolute atomic E-state index is 0.113. The summed E-state index contributed by atoms with van der Waals surface area (Å²) >= 11 is 0. The lowest BCUT2D eigenvalue weighted by atomic mass is 10.1. The van der Waals surface area contributed by atoms with Gasteiger partial charge in [0.2, 0.25) is 0 Å². The summed E-state index contributed by atoms with van der Waals surface area (Å²) in [7, 11) is 1.80. The molecule has 2 aliphatic rings. The Morgan fingerprint density at radius 2 is 2.18 bits per heavy atom. The molecule has 1 aliphatic carbocycles. The number of nitrogens with zero attached hydrogens (tertiary/aromatic N) is 5. The van der Waals surface area contributed by atoms with E-state index in [1.54, 1.807) is 30.3 Å². The smallest absolute Gasteiger partial charge is 0.272 e. The Balaban J connectivity index is 1.39. The summed E-state index contributed by atoms with van der Waals surface area (Å²) in [5, 5.41) is 7.13. The Bertz CT molecular complexity index is 719. The molecule has 0 bridgehead atoms. The molecule has 0 atom stereocenters. The van der Waals surface area contributed by atoms with E-state index in [9.17, 15) is 4.79 Å². The van der Waals surface area contributed by atoms with E-state index in [0.29, 0.717) is 5.69 Å². The Morgan fingerprint density at radius 1 is 1.32 bits per heavy atom. The molecule has 0 aromatic carbocycles. The van der Waals surface area contributed by atoms with Crippen molar-refractivity contribution in [3.63, 3.8) is 0 Å². The second-order valence-electron chi connectivity index (χ2n) is 5.93. The van der Waals surface area contributed by atoms with Crippen LogP contribution >= 0.6 is 0 Å². The largest absolute Gasteiger partial charge is 0.352 e. The van der Waals surface area contributed by atoms with E-state index in [2.05, 4.69) is 25.3 Å². The van der Waals surface area contributed by atoms with Gasteiger partial charge in [-0.2, -0.15) is 5.10 Å². The SMILES string of the molecule is Cn1ccc(C(=O)NC2CN(c3ncnc4c3CCC4)C2)n1. The third-order valence-corrected chi connectivity index (χ3v) is 4.31. The van der Waals surface area contributed by atoms with Gasteiger partial charge < -0.3 is 10.2 Å². The molecule has 114 valence electrons. The third-order valence-electron chi connectivity index (χ3n) is 4.31. The first-order valence-electron chi connectivity index (χ1n) is 7.59. The molecule has 0 unspecified atom stereocenters. The number of aromatic nitrogens is 4. The molecule has 1 N–H and O–H groups in total. The molecule has 7 nitrogen and oxygen atoms in total. The van der Waals surface area contributed by atoms with Crippen molar-refractivity contribution in [2.24, 2.45) is 7.05 Å². The van der Waals surface area contributed by atoms with Gasteiger partial charge >= 0.3 is 0 Å². The fourth-order valence-corrected chi connectivity index (χ4v) is 3.15. The number of hydrogen-bond donors (Lipinski definition) is 1. The summed E-state index contributed by atoms with van der Waals surface area (Å²) in [5.74, 6) is 0.934. The van der Waals surface area contributed by atoms with Gasteiger partial charge in [0.1, 0.15) is 17.8 Å². The summed E-state index contributed by atoms with van der Waals surface area (Å²) < 4.78 is 1.63. The van der Waals surface area contributed by atoms with Crippen LogP contribution in [-0.2, 0) is 19.9 Å². The third kappa shape index (κ3) is 2.22. The molecular formula is C15H18N6O. The second kappa shape index (κ2) is 5.08. The van der Waals surface area contributed by atoms with Crippen molar-refractivity contribution in [1.82, 2.24) is 25.1 Å². The molecular weight excluding hydrogens is 280 g/mol. The average molecular weight is 298 g/mol. The highest BCUT2D eigenvalue weighted by Crippen LogP contribution is 2.30. The van der Waals surface area contributed by atoms with Crippen molar-refractivity contribution in [3.05, 3.63) is 35.5 Å². The summed E-state index contributed by atoms with van der Waals surface area (Å²) in [6.07, 6.45) is 6.70. The average Bonchev–Trinajstić information content (AvgIpc) is 3.10. The molecule has 7 heteroatoms. The molecule has 4 rings (SSSR count). The molecule has 0 radical (unpaired) electrons. The molecule has 0 spiro atoms. The van der Waals surface area contributed by atoms with Crippen LogP contribution in [0.2, 0.25) is 0 Å². The molecule has 3 heterocycles. The van der Waals surface area contributed by atoms with Crippen molar-refractivity contribution in [2.75, 3.05) is 18.0 Å². The van der Waals surface area contributed by atoms with Crippen LogP contribution in [-0.4, -0.2) is 44.8 Å². The van der Waals surface area contributed by atoms with E-state index >= 15 is 0 Å². The van der Waals surface area contributed by atoms with Crippen molar-refractivity contribution in [3.8, 4) is 0 Å². The molecule has 1 fully saturated rings. The highest BCUT2D eigenvalue weighted by molar-refractivity contribution is 5.92. The quantitative estimate of drug-likeness (QED) is 0.883. The van der Waals surface area contributed by atoms with E-state index in [-0.39, 0.29) is 11.9 Å². The minimum atomic E-state index is -0.113. The number of rotatable bonds is 3. The first-order valence-corrected chi connectivity index (χ1v) is 7.59. The molecule has 1 amide bonds. The number of fused-ring (bicyclic) bond motifs is 1. The summed E-state index contributed by atoms with van der Waals surface area (Å²) in [4.78, 5) is 23.1. The Kier molecular flexibility index (Phi) is 3.06. The van der Waals surface area contributed by atoms with Gasteiger partial charge in [0, 0.05) is 37.6 Å². The fraction of sp³-hybridized carbons (Fsp3) is 0.467. The predicted octanol–water partition coefficient (Wildman–Crippen LogP) is 0.317.